The van der Waals surface area contributed by atoms with Crippen LogP contribution in [0.15, 0.2) is 312 Å². The van der Waals surface area contributed by atoms with Crippen molar-refractivity contribution in [1.82, 2.24) is 74.3 Å². The first-order chi connectivity index (χ1) is 61.0. The van der Waals surface area contributed by atoms with E-state index >= 15 is 0 Å². The van der Waals surface area contributed by atoms with Crippen molar-refractivity contribution in [2.75, 3.05) is 19.0 Å². The van der Waals surface area contributed by atoms with E-state index in [1.165, 1.54) is 64.8 Å². The Morgan fingerprint density at radius 1 is 0.408 bits per heavy atom. The van der Waals surface area contributed by atoms with Crippen molar-refractivity contribution >= 4 is 200 Å². The molecule has 0 aliphatic carbocycles. The number of carbonyl (C=O) groups excluding carboxylic acids is 4. The van der Waals surface area contributed by atoms with Crippen molar-refractivity contribution in [3.63, 3.8) is 0 Å². The maximum atomic E-state index is 12.5. The standard InChI is InChI=1S/C18H17N3OS.C17H12N2O3S.C16H10Cl2N2OS.C15H13N3OS.C11H10N2.C9H8N2O.C9H8N2S/c1-20(2)16-6-3-5-14(13-16)18(22)21-11-10-15(19-21)8-9-17-7-4-12-23-17;20-16(12-3-5-13(6-4-12)17(21)22)19-10-9-14(18-19)7-8-15-2-1-11-23-15;17-13-3-1-4-14(18)12(13)7-6-11-8-9-19-20(11)16(21)15-5-2-10-22-15;1-17-9-2-5-14(17)15(19)18-10-8-12(16-18)6-7-13-4-3-11-20-13;1-2-4-10(5-3-1)6-7-11-8-9-12-13-11;2*1-2-9(12-7-1)4-3-8-5-6-10-11-8/h3-13H,1-2H3;1-11H,(H,21,22);1-10H;2-11H,1H3;1-9H,(H,12,13);2*1-7H,(H,10,11)/b9-8+;8-7+;3*7-6+;2*4-3+. The lowest BCUT2D eigenvalue weighted by molar-refractivity contribution is 0.0695. The Balaban J connectivity index is 0.000000135. The van der Waals surface area contributed by atoms with Crippen molar-refractivity contribution in [1.29, 1.82) is 0 Å². The molecule has 0 atom stereocenters. The van der Waals surface area contributed by atoms with Crippen molar-refractivity contribution in [2.45, 2.75) is 0 Å². The Bertz CT molecular complexity index is 6360. The molecular weight excluding hydrogens is 1710 g/mol. The van der Waals surface area contributed by atoms with E-state index in [4.69, 9.17) is 32.7 Å². The van der Waals surface area contributed by atoms with Gasteiger partial charge in [0.15, 0.2) is 0 Å². The Labute approximate surface area is 749 Å². The number of aromatic nitrogens is 15. The summed E-state index contributed by atoms with van der Waals surface area (Å²) in [5.74, 6) is -0.922. The normalized spacial score (nSPS) is 11.0. The number of aromatic carboxylic acids is 1. The molecule has 4 N–H and O–H groups in total. The number of carboxylic acid groups (broad SMARTS) is 1. The molecule has 0 aliphatic rings. The summed E-state index contributed by atoms with van der Waals surface area (Å²) >= 11 is 20.3. The van der Waals surface area contributed by atoms with Crippen LogP contribution in [0.1, 0.15) is 127 Å². The molecule has 624 valence electrons. The number of halogens is 2. The molecule has 30 heteroatoms. The number of nitrogens with zero attached hydrogens (tertiary/aromatic N) is 13. The molecule has 0 spiro atoms. The minimum absolute atomic E-state index is 0.131. The maximum Gasteiger partial charge on any atom is 0.335 e. The number of hydrogen-bond donors (Lipinski definition) is 4. The quantitative estimate of drug-likeness (QED) is 0.0552. The van der Waals surface area contributed by atoms with Crippen LogP contribution in [0.2, 0.25) is 10.0 Å². The predicted molar refractivity (Wildman–Crippen MR) is 509 cm³/mol. The molecule has 0 saturated heterocycles. The molecule has 0 bridgehead atoms. The second-order valence-corrected chi connectivity index (χ2v) is 31.9. The number of carboxylic acids is 1. The molecule has 14 heterocycles. The third-order valence-electron chi connectivity index (χ3n) is 17.3. The number of thiophene rings is 5. The van der Waals surface area contributed by atoms with Gasteiger partial charge in [0.1, 0.15) is 11.5 Å². The van der Waals surface area contributed by atoms with E-state index in [-0.39, 0.29) is 29.2 Å². The van der Waals surface area contributed by atoms with Gasteiger partial charge in [-0.3, -0.25) is 34.5 Å². The zero-order chi connectivity index (χ0) is 87.3. The van der Waals surface area contributed by atoms with E-state index in [0.717, 1.165) is 54.5 Å². The summed E-state index contributed by atoms with van der Waals surface area (Å²) in [7, 11) is 5.74. The van der Waals surface area contributed by atoms with Gasteiger partial charge >= 0.3 is 5.97 Å². The first-order valence-electron chi connectivity index (χ1n) is 38.1. The Kier molecular flexibility index (Phi) is 33.5. The van der Waals surface area contributed by atoms with Gasteiger partial charge in [-0.25, -0.2) is 18.8 Å². The highest BCUT2D eigenvalue weighted by molar-refractivity contribution is 7.12. The predicted octanol–water partition coefficient (Wildman–Crippen LogP) is 23.0. The lowest BCUT2D eigenvalue weighted by atomic mass is 10.1. The van der Waals surface area contributed by atoms with E-state index in [2.05, 4.69) is 80.6 Å². The van der Waals surface area contributed by atoms with E-state index in [9.17, 15) is 24.0 Å². The fraction of sp³-hybridized carbons (Fsp3) is 0.0316. The van der Waals surface area contributed by atoms with Crippen LogP contribution in [-0.4, -0.2) is 123 Å². The molecule has 125 heavy (non-hydrogen) atoms. The Morgan fingerprint density at radius 2 is 0.896 bits per heavy atom. The van der Waals surface area contributed by atoms with Gasteiger partial charge in [0.05, 0.1) is 62.8 Å². The van der Waals surface area contributed by atoms with Gasteiger partial charge in [0, 0.05) is 116 Å². The summed E-state index contributed by atoms with van der Waals surface area (Å²) in [5.41, 5.74) is 10.5. The summed E-state index contributed by atoms with van der Waals surface area (Å²) in [6, 6.07) is 68.8. The SMILES string of the molecule is C(=C\c1ccco1)/c1ccn[nH]1.C(=C\c1cccs1)/c1ccn[nH]1.C(=C\c1ccn[nH]1)/c1ccccc1.CN(C)c1cccc(C(=O)n2ccc(/C=C/c3cccs3)n2)c1.Cn1cccc1C(=O)n1ccc(/C=C/c2cccs2)n1.O=C(O)c1ccc(C(=O)n2ccc(/C=C/c3cccs3)n2)cc1.O=C(c1cccs1)n1nccc1/C=C/c1c(Cl)cccc1Cl. The molecular formula is C95H78Cl2N16O7S5. The van der Waals surface area contributed by atoms with Crippen LogP contribution in [0.25, 0.3) is 85.1 Å². The number of H-pyrrole nitrogens is 3. The van der Waals surface area contributed by atoms with Crippen LogP contribution in [0.4, 0.5) is 5.69 Å². The lowest BCUT2D eigenvalue weighted by Crippen LogP contribution is -2.15. The minimum Gasteiger partial charge on any atom is -0.478 e. The molecule has 0 fully saturated rings. The molecule has 0 unspecified atom stereocenters. The van der Waals surface area contributed by atoms with E-state index in [0.29, 0.717) is 48.7 Å². The zero-order valence-electron chi connectivity index (χ0n) is 67.0. The fourth-order valence-corrected chi connectivity index (χ4v) is 14.6. The summed E-state index contributed by atoms with van der Waals surface area (Å²) < 4.78 is 12.2. The minimum atomic E-state index is -1.02. The van der Waals surface area contributed by atoms with E-state index in [1.807, 2.05) is 254 Å². The molecule has 0 radical (unpaired) electrons. The second-order valence-electron chi connectivity index (χ2n) is 26.2. The topological polar surface area (TPSA) is 284 Å². The van der Waals surface area contributed by atoms with Crippen LogP contribution in [0.5, 0.6) is 0 Å². The van der Waals surface area contributed by atoms with Crippen LogP contribution in [0.3, 0.4) is 0 Å². The summed E-state index contributed by atoms with van der Waals surface area (Å²) in [6.45, 7) is 0. The zero-order valence-corrected chi connectivity index (χ0v) is 72.6. The van der Waals surface area contributed by atoms with Crippen molar-refractivity contribution in [3.8, 4) is 0 Å². The second kappa shape index (κ2) is 46.8. The van der Waals surface area contributed by atoms with Gasteiger partial charge in [-0.1, -0.05) is 102 Å². The van der Waals surface area contributed by atoms with Gasteiger partial charge in [0.2, 0.25) is 0 Å². The highest BCUT2D eigenvalue weighted by Gasteiger charge is 2.17. The van der Waals surface area contributed by atoms with Gasteiger partial charge in [0.25, 0.3) is 23.6 Å². The molecule has 4 aromatic carbocycles. The third-order valence-corrected chi connectivity index (χ3v) is 22.1. The number of anilines is 1. The number of furan rings is 1. The average molecular weight is 1790 g/mol. The van der Waals surface area contributed by atoms with Gasteiger partial charge in [-0.2, -0.15) is 40.4 Å². The number of hydrogen-bond acceptors (Lipinski definition) is 19. The van der Waals surface area contributed by atoms with Crippen LogP contribution < -0.4 is 4.90 Å². The van der Waals surface area contributed by atoms with Gasteiger partial charge < -0.3 is 19.0 Å². The summed E-state index contributed by atoms with van der Waals surface area (Å²) in [6.07, 6.45) is 42.3. The first-order valence-corrected chi connectivity index (χ1v) is 43.2. The highest BCUT2D eigenvalue weighted by Crippen LogP contribution is 2.27. The Morgan fingerprint density at radius 3 is 1.36 bits per heavy atom. The largest absolute Gasteiger partial charge is 0.478 e. The van der Waals surface area contributed by atoms with Crippen molar-refractivity contribution < 1.29 is 33.5 Å². The van der Waals surface area contributed by atoms with Crippen molar-refractivity contribution in [2.24, 2.45) is 7.05 Å². The van der Waals surface area contributed by atoms with Crippen LogP contribution >= 0.6 is 79.9 Å². The molecule has 0 saturated carbocycles. The summed E-state index contributed by atoms with van der Waals surface area (Å²) in [5, 5.41) is 56.9. The molecule has 23 nitrogen and oxygen atoms in total. The number of nitrogens with one attached hydrogen (secondary N) is 3. The first kappa shape index (κ1) is 89.4. The number of aromatic amines is 3. The van der Waals surface area contributed by atoms with Crippen LogP contribution in [0, 0.1) is 0 Å². The third kappa shape index (κ3) is 27.8. The molecule has 0 amide bonds. The molecule has 14 aromatic heterocycles. The number of benzene rings is 4. The monoisotopic (exact) mass is 1780 g/mol. The number of carbonyl (C=O) groups is 5. The smallest absolute Gasteiger partial charge is 0.335 e. The number of rotatable bonds is 20. The summed E-state index contributed by atoms with van der Waals surface area (Å²) in [4.78, 5) is 67.5. The van der Waals surface area contributed by atoms with E-state index < -0.39 is 5.97 Å². The lowest BCUT2D eigenvalue weighted by Gasteiger charge is -2.13. The van der Waals surface area contributed by atoms with Gasteiger partial charge in [-0.05, 0) is 263 Å². The Hall–Kier alpha value is -14.9. The highest BCUT2D eigenvalue weighted by atomic mass is 35.5. The average Bonchev–Trinajstić information content (AvgIpc) is 1.63. The number of aryl methyl sites for hydroxylation is 1. The fourth-order valence-electron chi connectivity index (χ4n) is 10.9. The van der Waals surface area contributed by atoms with Crippen molar-refractivity contribution in [3.05, 3.63) is 421 Å². The van der Waals surface area contributed by atoms with Crippen LogP contribution in [-0.2, 0) is 7.05 Å². The maximum absolute atomic E-state index is 12.5. The van der Waals surface area contributed by atoms with Gasteiger partial charge in [-0.15, -0.1) is 56.7 Å². The van der Waals surface area contributed by atoms with E-state index in [1.54, 1.807) is 160 Å². The molecule has 18 rings (SSSR count). The molecule has 18 aromatic rings. The molecule has 0 aliphatic heterocycles.